The molecule has 9 heteroatoms. The summed E-state index contributed by atoms with van der Waals surface area (Å²) >= 11 is 0. The summed E-state index contributed by atoms with van der Waals surface area (Å²) in [4.78, 5) is 44.5. The van der Waals surface area contributed by atoms with E-state index in [1.807, 2.05) is 42.8 Å². The van der Waals surface area contributed by atoms with Gasteiger partial charge < -0.3 is 15.6 Å². The van der Waals surface area contributed by atoms with Gasteiger partial charge in [-0.2, -0.15) is 5.10 Å². The predicted octanol–water partition coefficient (Wildman–Crippen LogP) is 5.66. The Kier molecular flexibility index (Phi) is 8.62. The molecule has 250 valence electrons. The molecule has 1 aromatic carbocycles. The highest BCUT2D eigenvalue weighted by Gasteiger charge is 2.51. The minimum Gasteiger partial charge on any atom is -0.355 e. The van der Waals surface area contributed by atoms with Gasteiger partial charge in [-0.3, -0.25) is 24.0 Å². The van der Waals surface area contributed by atoms with Crippen LogP contribution in [0.4, 0.5) is 0 Å². The van der Waals surface area contributed by atoms with E-state index < -0.39 is 0 Å². The molecule has 8 rings (SSSR count). The van der Waals surface area contributed by atoms with Crippen LogP contribution in [-0.2, 0) is 11.3 Å². The van der Waals surface area contributed by atoms with Crippen LogP contribution in [-0.4, -0.2) is 57.7 Å². The van der Waals surface area contributed by atoms with Gasteiger partial charge in [0.25, 0.3) is 11.5 Å². The Bertz CT molecular complexity index is 1750. The number of aryl methyl sites for hydroxylation is 2. The van der Waals surface area contributed by atoms with E-state index in [0.717, 1.165) is 77.2 Å². The number of carbonyl (C=O) groups is 2. The lowest BCUT2D eigenvalue weighted by atomic mass is 9.49. The lowest BCUT2D eigenvalue weighted by molar-refractivity contribution is -0.129. The molecular formula is C38H50N6O3. The van der Waals surface area contributed by atoms with Gasteiger partial charge in [-0.25, -0.2) is 0 Å². The molecule has 47 heavy (non-hydrogen) atoms. The van der Waals surface area contributed by atoms with Crippen molar-refractivity contribution in [3.05, 3.63) is 68.8 Å². The molecule has 2 aromatic heterocycles. The summed E-state index contributed by atoms with van der Waals surface area (Å²) in [7, 11) is 0. The standard InChI is InChI=1S/C38H50N6O3/c1-23(2)44-32-7-5-6-30(36(46)40-22-31-24(3)14-25(4)41-37(31)47)34(32)35(42-44)29-8-11-43(12-9-29)13-10-39-33(45)21-38-18-26-15-27(19-38)17-28(16-26)20-38/h5-8,14,23,26-28H,9-13,15-22H2,1-4H3,(H,39,45)(H,40,46)(H,41,47). The van der Waals surface area contributed by atoms with Gasteiger partial charge in [-0.1, -0.05) is 12.1 Å². The number of rotatable bonds is 10. The zero-order chi connectivity index (χ0) is 32.9. The monoisotopic (exact) mass is 638 g/mol. The van der Waals surface area contributed by atoms with E-state index >= 15 is 0 Å². The largest absolute Gasteiger partial charge is 0.355 e. The molecule has 3 heterocycles. The number of carbonyl (C=O) groups excluding carboxylic acids is 2. The second-order valence-corrected chi connectivity index (χ2v) is 15.4. The highest BCUT2D eigenvalue weighted by Crippen LogP contribution is 2.61. The Labute approximate surface area is 277 Å². The summed E-state index contributed by atoms with van der Waals surface area (Å²) in [5.74, 6) is 2.62. The van der Waals surface area contributed by atoms with Crippen LogP contribution in [0.5, 0.6) is 0 Å². The number of amides is 2. The number of fused-ring (bicyclic) bond motifs is 1. The molecule has 0 radical (unpaired) electrons. The van der Waals surface area contributed by atoms with E-state index in [1.165, 1.54) is 38.5 Å². The van der Waals surface area contributed by atoms with Crippen molar-refractivity contribution in [3.8, 4) is 0 Å². The van der Waals surface area contributed by atoms with Crippen LogP contribution in [0.1, 0.15) is 104 Å². The maximum Gasteiger partial charge on any atom is 0.253 e. The second kappa shape index (κ2) is 12.7. The molecular weight excluding hydrogens is 588 g/mol. The number of nitrogens with zero attached hydrogens (tertiary/aromatic N) is 3. The molecule has 3 N–H and O–H groups in total. The van der Waals surface area contributed by atoms with Crippen molar-refractivity contribution < 1.29 is 9.59 Å². The van der Waals surface area contributed by atoms with Crippen molar-refractivity contribution >= 4 is 28.3 Å². The van der Waals surface area contributed by atoms with E-state index in [-0.39, 0.29) is 35.4 Å². The summed E-state index contributed by atoms with van der Waals surface area (Å²) in [6.45, 7) is 11.2. The van der Waals surface area contributed by atoms with Crippen LogP contribution in [0.3, 0.4) is 0 Å². The molecule has 4 bridgehead atoms. The smallest absolute Gasteiger partial charge is 0.253 e. The summed E-state index contributed by atoms with van der Waals surface area (Å²) in [5.41, 5.74) is 5.81. The zero-order valence-corrected chi connectivity index (χ0v) is 28.5. The topological polar surface area (TPSA) is 112 Å². The lowest BCUT2D eigenvalue weighted by Crippen LogP contribution is -2.48. The average Bonchev–Trinajstić information content (AvgIpc) is 3.40. The second-order valence-electron chi connectivity index (χ2n) is 15.4. The minimum absolute atomic E-state index is 0.126. The molecule has 5 aliphatic rings. The van der Waals surface area contributed by atoms with Gasteiger partial charge in [0.05, 0.1) is 16.8 Å². The number of benzene rings is 1. The van der Waals surface area contributed by atoms with E-state index in [0.29, 0.717) is 24.1 Å². The van der Waals surface area contributed by atoms with E-state index in [9.17, 15) is 14.4 Å². The SMILES string of the molecule is Cc1cc(C)c(CNC(=O)c2cccc3c2c(C2=CCN(CCNC(=O)CC45CC6CC(CC(C6)C4)C5)CC2)nn3C(C)C)c(=O)[nH]1. The van der Waals surface area contributed by atoms with Crippen molar-refractivity contribution in [2.45, 2.75) is 91.6 Å². The number of nitrogens with one attached hydrogen (secondary N) is 3. The molecule has 4 fully saturated rings. The lowest BCUT2D eigenvalue weighted by Gasteiger charge is -2.56. The third-order valence-electron chi connectivity index (χ3n) is 11.4. The summed E-state index contributed by atoms with van der Waals surface area (Å²) in [6, 6.07) is 7.83. The highest BCUT2D eigenvalue weighted by molar-refractivity contribution is 6.09. The van der Waals surface area contributed by atoms with Crippen LogP contribution in [0.25, 0.3) is 16.5 Å². The number of pyridine rings is 1. The fourth-order valence-electron chi connectivity index (χ4n) is 9.76. The van der Waals surface area contributed by atoms with Crippen LogP contribution >= 0.6 is 0 Å². The molecule has 3 aromatic rings. The Morgan fingerprint density at radius 3 is 2.43 bits per heavy atom. The van der Waals surface area contributed by atoms with Crippen molar-refractivity contribution in [3.63, 3.8) is 0 Å². The third kappa shape index (κ3) is 6.43. The van der Waals surface area contributed by atoms with Gasteiger partial charge in [-0.05, 0) is 125 Å². The van der Waals surface area contributed by atoms with Gasteiger partial charge in [0.2, 0.25) is 5.91 Å². The van der Waals surface area contributed by atoms with Gasteiger partial charge in [-0.15, -0.1) is 0 Å². The molecule has 0 spiro atoms. The van der Waals surface area contributed by atoms with Crippen molar-refractivity contribution in [1.82, 2.24) is 30.3 Å². The van der Waals surface area contributed by atoms with E-state index in [2.05, 4.69) is 40.4 Å². The van der Waals surface area contributed by atoms with Gasteiger partial charge >= 0.3 is 0 Å². The van der Waals surface area contributed by atoms with E-state index in [1.54, 1.807) is 0 Å². The first-order valence-electron chi connectivity index (χ1n) is 17.7. The maximum atomic E-state index is 13.6. The fourth-order valence-corrected chi connectivity index (χ4v) is 9.76. The molecule has 4 saturated carbocycles. The first-order chi connectivity index (χ1) is 22.6. The summed E-state index contributed by atoms with van der Waals surface area (Å²) in [5, 5.41) is 12.2. The van der Waals surface area contributed by atoms with Crippen LogP contribution in [0, 0.1) is 37.0 Å². The molecule has 0 unspecified atom stereocenters. The van der Waals surface area contributed by atoms with Crippen molar-refractivity contribution in [1.29, 1.82) is 0 Å². The van der Waals surface area contributed by atoms with E-state index in [4.69, 9.17) is 5.10 Å². The van der Waals surface area contributed by atoms with Crippen LogP contribution in [0.2, 0.25) is 0 Å². The van der Waals surface area contributed by atoms with Gasteiger partial charge in [0, 0.05) is 61.8 Å². The normalized spacial score (nSPS) is 25.4. The molecule has 1 aliphatic heterocycles. The summed E-state index contributed by atoms with van der Waals surface area (Å²) < 4.78 is 2.00. The minimum atomic E-state index is -0.221. The third-order valence-corrected chi connectivity index (χ3v) is 11.4. The fraction of sp³-hybridized carbons (Fsp3) is 0.579. The van der Waals surface area contributed by atoms with Crippen LogP contribution < -0.4 is 16.2 Å². The van der Waals surface area contributed by atoms with Crippen molar-refractivity contribution in [2.24, 2.45) is 23.2 Å². The first kappa shape index (κ1) is 31.9. The number of H-pyrrole nitrogens is 1. The van der Waals surface area contributed by atoms with Gasteiger partial charge in [0.15, 0.2) is 0 Å². The molecule has 2 amide bonds. The highest BCUT2D eigenvalue weighted by atomic mass is 16.2. The van der Waals surface area contributed by atoms with Crippen LogP contribution in [0.15, 0.2) is 35.1 Å². The molecule has 9 nitrogen and oxygen atoms in total. The van der Waals surface area contributed by atoms with Crippen molar-refractivity contribution in [2.75, 3.05) is 26.2 Å². The maximum absolute atomic E-state index is 13.6. The number of hydrogen-bond acceptors (Lipinski definition) is 5. The number of aromatic nitrogens is 3. The summed E-state index contributed by atoms with van der Waals surface area (Å²) in [6.07, 6.45) is 11.8. The first-order valence-corrected chi connectivity index (χ1v) is 17.7. The quantitative estimate of drug-likeness (QED) is 0.265. The number of hydrogen-bond donors (Lipinski definition) is 3. The Morgan fingerprint density at radius 1 is 1.06 bits per heavy atom. The molecule has 0 saturated heterocycles. The molecule has 0 atom stereocenters. The Morgan fingerprint density at radius 2 is 1.79 bits per heavy atom. The van der Waals surface area contributed by atoms with Gasteiger partial charge in [0.1, 0.15) is 0 Å². The number of aromatic amines is 1. The molecule has 4 aliphatic carbocycles. The predicted molar refractivity (Wildman–Crippen MR) is 185 cm³/mol. The average molecular weight is 639 g/mol. The Balaban J connectivity index is 1.01. The zero-order valence-electron chi connectivity index (χ0n) is 28.5. The Hall–Kier alpha value is -3.72.